The van der Waals surface area contributed by atoms with Crippen LogP contribution in [0.25, 0.3) is 11.4 Å². The van der Waals surface area contributed by atoms with Gasteiger partial charge in [-0.2, -0.15) is 5.10 Å². The lowest BCUT2D eigenvalue weighted by Crippen LogP contribution is -2.08. The molecule has 1 aliphatic carbocycles. The molecular formula is C12H18N6. The van der Waals surface area contributed by atoms with Gasteiger partial charge in [0.25, 0.3) is 0 Å². The fourth-order valence-electron chi connectivity index (χ4n) is 2.38. The highest BCUT2D eigenvalue weighted by atomic mass is 15.4. The van der Waals surface area contributed by atoms with E-state index in [9.17, 15) is 0 Å². The van der Waals surface area contributed by atoms with E-state index in [-0.39, 0.29) is 0 Å². The first-order valence-corrected chi connectivity index (χ1v) is 6.31. The molecule has 2 N–H and O–H groups in total. The van der Waals surface area contributed by atoms with Crippen LogP contribution in [0.2, 0.25) is 0 Å². The van der Waals surface area contributed by atoms with Crippen LogP contribution in [0.3, 0.4) is 0 Å². The Balaban J connectivity index is 1.99. The van der Waals surface area contributed by atoms with E-state index in [4.69, 9.17) is 5.73 Å². The SMILES string of the molecule is CC1CC1Cn1nnc(CN)c1-c1ccnn1C. The Morgan fingerprint density at radius 1 is 1.50 bits per heavy atom. The first kappa shape index (κ1) is 11.4. The zero-order valence-corrected chi connectivity index (χ0v) is 10.7. The number of aryl methyl sites for hydroxylation is 1. The van der Waals surface area contributed by atoms with Crippen molar-refractivity contribution in [2.45, 2.75) is 26.4 Å². The molecule has 6 nitrogen and oxygen atoms in total. The van der Waals surface area contributed by atoms with Crippen LogP contribution in [-0.2, 0) is 20.1 Å². The minimum Gasteiger partial charge on any atom is -0.325 e. The van der Waals surface area contributed by atoms with Gasteiger partial charge in [-0.15, -0.1) is 5.10 Å². The summed E-state index contributed by atoms with van der Waals surface area (Å²) in [6.45, 7) is 3.60. The van der Waals surface area contributed by atoms with Crippen molar-refractivity contribution in [2.24, 2.45) is 24.6 Å². The Morgan fingerprint density at radius 3 is 2.83 bits per heavy atom. The lowest BCUT2D eigenvalue weighted by atomic mass is 10.2. The molecule has 6 heteroatoms. The van der Waals surface area contributed by atoms with Crippen LogP contribution in [-0.4, -0.2) is 24.8 Å². The standard InChI is InChI=1S/C12H18N6/c1-8-5-9(8)7-18-12(10(6-13)15-16-18)11-3-4-14-17(11)2/h3-4,8-9H,5-7,13H2,1-2H3. The van der Waals surface area contributed by atoms with Crippen molar-refractivity contribution in [3.63, 3.8) is 0 Å². The zero-order chi connectivity index (χ0) is 12.7. The van der Waals surface area contributed by atoms with E-state index in [0.717, 1.165) is 35.5 Å². The molecule has 18 heavy (non-hydrogen) atoms. The second kappa shape index (κ2) is 4.20. The molecule has 0 saturated heterocycles. The molecule has 96 valence electrons. The van der Waals surface area contributed by atoms with Gasteiger partial charge in [-0.25, -0.2) is 4.68 Å². The summed E-state index contributed by atoms with van der Waals surface area (Å²) in [5.74, 6) is 1.53. The molecule has 1 fully saturated rings. The van der Waals surface area contributed by atoms with Crippen molar-refractivity contribution < 1.29 is 0 Å². The second-order valence-corrected chi connectivity index (χ2v) is 5.08. The number of rotatable bonds is 4. The largest absolute Gasteiger partial charge is 0.325 e. The van der Waals surface area contributed by atoms with Crippen LogP contribution in [0.1, 0.15) is 19.0 Å². The molecule has 0 spiro atoms. The fourth-order valence-corrected chi connectivity index (χ4v) is 2.38. The van der Waals surface area contributed by atoms with E-state index in [1.54, 1.807) is 6.20 Å². The summed E-state index contributed by atoms with van der Waals surface area (Å²) >= 11 is 0. The van der Waals surface area contributed by atoms with Crippen LogP contribution in [0.5, 0.6) is 0 Å². The van der Waals surface area contributed by atoms with Gasteiger partial charge in [0.1, 0.15) is 11.4 Å². The Morgan fingerprint density at radius 2 is 2.28 bits per heavy atom. The van der Waals surface area contributed by atoms with Crippen molar-refractivity contribution in [2.75, 3.05) is 0 Å². The predicted molar refractivity (Wildman–Crippen MR) is 67.4 cm³/mol. The first-order chi connectivity index (χ1) is 8.70. The second-order valence-electron chi connectivity index (χ2n) is 5.08. The van der Waals surface area contributed by atoms with E-state index >= 15 is 0 Å². The fraction of sp³-hybridized carbons (Fsp3) is 0.583. The van der Waals surface area contributed by atoms with Gasteiger partial charge >= 0.3 is 0 Å². The third kappa shape index (κ3) is 1.82. The average molecular weight is 246 g/mol. The Labute approximate surface area is 106 Å². The quantitative estimate of drug-likeness (QED) is 0.865. The topological polar surface area (TPSA) is 74.6 Å². The van der Waals surface area contributed by atoms with Gasteiger partial charge in [0.05, 0.1) is 5.69 Å². The molecule has 0 aromatic carbocycles. The van der Waals surface area contributed by atoms with Crippen LogP contribution < -0.4 is 5.73 Å². The molecule has 3 rings (SSSR count). The number of hydrogen-bond acceptors (Lipinski definition) is 4. The summed E-state index contributed by atoms with van der Waals surface area (Å²) in [7, 11) is 1.92. The Hall–Kier alpha value is -1.69. The molecule has 2 unspecified atom stereocenters. The van der Waals surface area contributed by atoms with Crippen molar-refractivity contribution >= 4 is 0 Å². The summed E-state index contributed by atoms with van der Waals surface area (Å²) < 4.78 is 3.82. The van der Waals surface area contributed by atoms with Gasteiger partial charge in [0.2, 0.25) is 0 Å². The van der Waals surface area contributed by atoms with Gasteiger partial charge < -0.3 is 5.73 Å². The van der Waals surface area contributed by atoms with E-state index < -0.39 is 0 Å². The van der Waals surface area contributed by atoms with Crippen LogP contribution in [0.15, 0.2) is 12.3 Å². The minimum absolute atomic E-state index is 0.404. The van der Waals surface area contributed by atoms with Crippen molar-refractivity contribution in [3.8, 4) is 11.4 Å². The molecule has 0 aliphatic heterocycles. The molecule has 1 saturated carbocycles. The van der Waals surface area contributed by atoms with Gasteiger partial charge in [-0.3, -0.25) is 4.68 Å². The number of nitrogens with two attached hydrogens (primary N) is 1. The third-order valence-corrected chi connectivity index (χ3v) is 3.75. The summed E-state index contributed by atoms with van der Waals surface area (Å²) in [6.07, 6.45) is 3.06. The summed E-state index contributed by atoms with van der Waals surface area (Å²) in [5, 5.41) is 12.6. The minimum atomic E-state index is 0.404. The van der Waals surface area contributed by atoms with Gasteiger partial charge in [0, 0.05) is 26.3 Å². The van der Waals surface area contributed by atoms with Crippen LogP contribution >= 0.6 is 0 Å². The lowest BCUT2D eigenvalue weighted by molar-refractivity contribution is 0.526. The summed E-state index contributed by atoms with van der Waals surface area (Å²) in [6, 6.07) is 1.98. The van der Waals surface area contributed by atoms with Crippen LogP contribution in [0.4, 0.5) is 0 Å². The highest BCUT2D eigenvalue weighted by Crippen LogP contribution is 2.39. The maximum Gasteiger partial charge on any atom is 0.111 e. The summed E-state index contributed by atoms with van der Waals surface area (Å²) in [4.78, 5) is 0. The molecule has 0 radical (unpaired) electrons. The predicted octanol–water partition coefficient (Wildman–Crippen LogP) is 0.793. The zero-order valence-electron chi connectivity index (χ0n) is 10.7. The Bertz CT molecular complexity index is 555. The highest BCUT2D eigenvalue weighted by molar-refractivity contribution is 5.57. The van der Waals surface area contributed by atoms with E-state index in [1.807, 2.05) is 22.5 Å². The maximum atomic E-state index is 5.75. The number of aromatic nitrogens is 5. The first-order valence-electron chi connectivity index (χ1n) is 6.31. The lowest BCUT2D eigenvalue weighted by Gasteiger charge is -2.07. The molecule has 0 amide bonds. The summed E-state index contributed by atoms with van der Waals surface area (Å²) in [5.41, 5.74) is 8.62. The third-order valence-electron chi connectivity index (χ3n) is 3.75. The van der Waals surface area contributed by atoms with E-state index in [1.165, 1.54) is 6.42 Å². The van der Waals surface area contributed by atoms with E-state index in [2.05, 4.69) is 22.3 Å². The molecular weight excluding hydrogens is 228 g/mol. The highest BCUT2D eigenvalue weighted by Gasteiger charge is 2.34. The Kier molecular flexibility index (Phi) is 2.66. The van der Waals surface area contributed by atoms with Crippen molar-refractivity contribution in [1.82, 2.24) is 24.8 Å². The molecule has 2 atom stereocenters. The molecule has 0 bridgehead atoms. The smallest absolute Gasteiger partial charge is 0.111 e. The molecule has 2 aromatic heterocycles. The monoisotopic (exact) mass is 246 g/mol. The molecule has 1 aliphatic rings. The van der Waals surface area contributed by atoms with Gasteiger partial charge in [0.15, 0.2) is 0 Å². The van der Waals surface area contributed by atoms with E-state index in [0.29, 0.717) is 6.54 Å². The number of nitrogens with zero attached hydrogens (tertiary/aromatic N) is 5. The van der Waals surface area contributed by atoms with Crippen molar-refractivity contribution in [3.05, 3.63) is 18.0 Å². The average Bonchev–Trinajstić information content (AvgIpc) is 2.77. The van der Waals surface area contributed by atoms with Crippen molar-refractivity contribution in [1.29, 1.82) is 0 Å². The van der Waals surface area contributed by atoms with Gasteiger partial charge in [-0.1, -0.05) is 12.1 Å². The maximum absolute atomic E-state index is 5.75. The van der Waals surface area contributed by atoms with Crippen LogP contribution in [0, 0.1) is 11.8 Å². The van der Waals surface area contributed by atoms with Gasteiger partial charge in [-0.05, 0) is 24.3 Å². The normalized spacial score (nSPS) is 22.4. The molecule has 2 heterocycles. The molecule has 2 aromatic rings. The number of hydrogen-bond donors (Lipinski definition) is 1.